The number of likely N-dealkylation sites (tertiary alicyclic amines) is 1. The highest BCUT2D eigenvalue weighted by atomic mass is 19.1. The fourth-order valence-electron chi connectivity index (χ4n) is 3.11. The molecule has 7 heteroatoms. The zero-order valence-electron chi connectivity index (χ0n) is 11.6. The molecular formula is C14H17FN6. The summed E-state index contributed by atoms with van der Waals surface area (Å²) >= 11 is 0. The maximum absolute atomic E-state index is 13.5. The van der Waals surface area contributed by atoms with Gasteiger partial charge in [0.15, 0.2) is 5.82 Å². The largest absolute Gasteiger partial charge is 0.399 e. The second-order valence-corrected chi connectivity index (χ2v) is 5.89. The lowest BCUT2D eigenvalue weighted by molar-refractivity contribution is 0.309. The van der Waals surface area contributed by atoms with Crippen molar-refractivity contribution in [2.24, 2.45) is 0 Å². The van der Waals surface area contributed by atoms with Crippen LogP contribution in [0, 0.1) is 5.82 Å². The summed E-state index contributed by atoms with van der Waals surface area (Å²) < 4.78 is 15.4. The summed E-state index contributed by atoms with van der Waals surface area (Å²) in [6.45, 7) is 2.05. The predicted octanol–water partition coefficient (Wildman–Crippen LogP) is 1.47. The molecule has 2 fully saturated rings. The van der Waals surface area contributed by atoms with Crippen molar-refractivity contribution in [1.29, 1.82) is 0 Å². The van der Waals surface area contributed by atoms with Gasteiger partial charge in [-0.05, 0) is 47.9 Å². The molecule has 0 spiro atoms. The molecule has 0 bridgehead atoms. The van der Waals surface area contributed by atoms with Crippen molar-refractivity contribution in [2.45, 2.75) is 31.3 Å². The van der Waals surface area contributed by atoms with Crippen LogP contribution < -0.4 is 5.73 Å². The van der Waals surface area contributed by atoms with Crippen molar-refractivity contribution >= 4 is 5.69 Å². The van der Waals surface area contributed by atoms with E-state index in [-0.39, 0.29) is 11.9 Å². The highest BCUT2D eigenvalue weighted by Crippen LogP contribution is 2.34. The fraction of sp³-hybridized carbons (Fsp3) is 0.500. The van der Waals surface area contributed by atoms with Crippen molar-refractivity contribution in [3.05, 3.63) is 24.0 Å². The number of halogens is 1. The molecule has 1 unspecified atom stereocenters. The van der Waals surface area contributed by atoms with Crippen LogP contribution in [0.25, 0.3) is 11.4 Å². The normalized spacial score (nSPS) is 22.8. The van der Waals surface area contributed by atoms with E-state index in [9.17, 15) is 4.39 Å². The minimum Gasteiger partial charge on any atom is -0.399 e. The zero-order valence-corrected chi connectivity index (χ0v) is 11.6. The first-order chi connectivity index (χ1) is 10.2. The molecule has 1 aromatic heterocycles. The first-order valence-corrected chi connectivity index (χ1v) is 7.29. The molecular weight excluding hydrogens is 271 g/mol. The van der Waals surface area contributed by atoms with Crippen LogP contribution >= 0.6 is 0 Å². The molecule has 2 heterocycles. The fourth-order valence-corrected chi connectivity index (χ4v) is 3.11. The molecule has 4 rings (SSSR count). The predicted molar refractivity (Wildman–Crippen MR) is 75.9 cm³/mol. The van der Waals surface area contributed by atoms with E-state index in [1.165, 1.54) is 25.0 Å². The molecule has 1 aliphatic carbocycles. The summed E-state index contributed by atoms with van der Waals surface area (Å²) in [5, 5.41) is 11.9. The zero-order chi connectivity index (χ0) is 14.4. The number of benzene rings is 1. The van der Waals surface area contributed by atoms with Crippen molar-refractivity contribution in [2.75, 3.05) is 18.8 Å². The number of tetrazole rings is 1. The summed E-state index contributed by atoms with van der Waals surface area (Å²) in [7, 11) is 0. The number of aromatic nitrogens is 4. The summed E-state index contributed by atoms with van der Waals surface area (Å²) in [5.41, 5.74) is 6.72. The molecule has 1 saturated heterocycles. The van der Waals surface area contributed by atoms with E-state index in [1.54, 1.807) is 6.07 Å². The van der Waals surface area contributed by atoms with Gasteiger partial charge in [-0.1, -0.05) is 0 Å². The Morgan fingerprint density at radius 3 is 2.76 bits per heavy atom. The number of hydrogen-bond donors (Lipinski definition) is 1. The molecule has 1 aromatic carbocycles. The van der Waals surface area contributed by atoms with Gasteiger partial charge in [-0.25, -0.2) is 9.07 Å². The van der Waals surface area contributed by atoms with Gasteiger partial charge in [0, 0.05) is 30.4 Å². The molecule has 1 atom stereocenters. The SMILES string of the molecule is Nc1cc(F)cc(-c2nnnn2C2CCN(C3CC3)C2)c1. The van der Waals surface area contributed by atoms with Crippen LogP contribution in [0.15, 0.2) is 18.2 Å². The number of hydrogen-bond acceptors (Lipinski definition) is 5. The number of nitrogen functional groups attached to an aromatic ring is 1. The lowest BCUT2D eigenvalue weighted by Gasteiger charge is -2.15. The molecule has 6 nitrogen and oxygen atoms in total. The third kappa shape index (κ3) is 2.37. The summed E-state index contributed by atoms with van der Waals surface area (Å²) in [6, 6.07) is 5.42. The minimum absolute atomic E-state index is 0.250. The van der Waals surface area contributed by atoms with Gasteiger partial charge in [0.05, 0.1) is 6.04 Å². The second-order valence-electron chi connectivity index (χ2n) is 5.89. The van der Waals surface area contributed by atoms with Crippen molar-refractivity contribution in [3.8, 4) is 11.4 Å². The topological polar surface area (TPSA) is 72.9 Å². The number of nitrogens with zero attached hydrogens (tertiary/aromatic N) is 5. The van der Waals surface area contributed by atoms with Gasteiger partial charge in [0.2, 0.25) is 0 Å². The monoisotopic (exact) mass is 288 g/mol. The Morgan fingerprint density at radius 2 is 2.00 bits per heavy atom. The van der Waals surface area contributed by atoms with E-state index in [0.29, 0.717) is 17.1 Å². The lowest BCUT2D eigenvalue weighted by Crippen LogP contribution is -2.24. The van der Waals surface area contributed by atoms with Crippen LogP contribution in [0.3, 0.4) is 0 Å². The second kappa shape index (κ2) is 4.77. The quantitative estimate of drug-likeness (QED) is 0.866. The lowest BCUT2D eigenvalue weighted by atomic mass is 10.1. The van der Waals surface area contributed by atoms with Crippen molar-refractivity contribution in [1.82, 2.24) is 25.1 Å². The van der Waals surface area contributed by atoms with Crippen LogP contribution in [0.4, 0.5) is 10.1 Å². The third-order valence-corrected chi connectivity index (χ3v) is 4.28. The first kappa shape index (κ1) is 12.7. The van der Waals surface area contributed by atoms with Crippen molar-refractivity contribution < 1.29 is 4.39 Å². The maximum Gasteiger partial charge on any atom is 0.182 e. The van der Waals surface area contributed by atoms with Crippen LogP contribution in [0.2, 0.25) is 0 Å². The first-order valence-electron chi connectivity index (χ1n) is 7.29. The van der Waals surface area contributed by atoms with E-state index in [2.05, 4.69) is 20.4 Å². The molecule has 1 aliphatic heterocycles. The summed E-state index contributed by atoms with van der Waals surface area (Å²) in [4.78, 5) is 2.50. The molecule has 21 heavy (non-hydrogen) atoms. The van der Waals surface area contributed by atoms with E-state index in [1.807, 2.05) is 4.68 Å². The maximum atomic E-state index is 13.5. The Kier molecular flexibility index (Phi) is 2.88. The van der Waals surface area contributed by atoms with Gasteiger partial charge in [0.1, 0.15) is 5.82 Å². The molecule has 1 saturated carbocycles. The Labute approximate surface area is 121 Å². The average Bonchev–Trinajstić information content (AvgIpc) is 3.00. The van der Waals surface area contributed by atoms with Crippen LogP contribution in [-0.2, 0) is 0 Å². The van der Waals surface area contributed by atoms with Gasteiger partial charge in [-0.3, -0.25) is 4.90 Å². The van der Waals surface area contributed by atoms with E-state index in [0.717, 1.165) is 25.6 Å². The van der Waals surface area contributed by atoms with Gasteiger partial charge in [-0.15, -0.1) is 5.10 Å². The van der Waals surface area contributed by atoms with E-state index < -0.39 is 0 Å². The summed E-state index contributed by atoms with van der Waals surface area (Å²) in [5.74, 6) is 0.217. The number of nitrogens with two attached hydrogens (primary N) is 1. The Hall–Kier alpha value is -2.02. The Morgan fingerprint density at radius 1 is 1.14 bits per heavy atom. The van der Waals surface area contributed by atoms with Gasteiger partial charge < -0.3 is 5.73 Å². The van der Waals surface area contributed by atoms with Crippen molar-refractivity contribution in [3.63, 3.8) is 0 Å². The van der Waals surface area contributed by atoms with Gasteiger partial charge >= 0.3 is 0 Å². The molecule has 110 valence electrons. The van der Waals surface area contributed by atoms with Gasteiger partial charge in [-0.2, -0.15) is 0 Å². The standard InChI is InChI=1S/C14H17FN6/c15-10-5-9(6-11(16)7-10)14-17-18-19-21(14)13-3-4-20(8-13)12-1-2-12/h5-7,12-13H,1-4,8,16H2. The highest BCUT2D eigenvalue weighted by Gasteiger charge is 2.36. The smallest absolute Gasteiger partial charge is 0.182 e. The minimum atomic E-state index is -0.370. The highest BCUT2D eigenvalue weighted by molar-refractivity contribution is 5.61. The molecule has 2 aromatic rings. The van der Waals surface area contributed by atoms with Crippen LogP contribution in [0.1, 0.15) is 25.3 Å². The molecule has 0 radical (unpaired) electrons. The van der Waals surface area contributed by atoms with E-state index >= 15 is 0 Å². The molecule has 0 amide bonds. The van der Waals surface area contributed by atoms with Gasteiger partial charge in [0.25, 0.3) is 0 Å². The molecule has 2 N–H and O–H groups in total. The van der Waals surface area contributed by atoms with Crippen LogP contribution in [-0.4, -0.2) is 44.2 Å². The Bertz CT molecular complexity index is 645. The average molecular weight is 288 g/mol. The molecule has 2 aliphatic rings. The number of anilines is 1. The van der Waals surface area contributed by atoms with Crippen LogP contribution in [0.5, 0.6) is 0 Å². The number of rotatable bonds is 3. The van der Waals surface area contributed by atoms with E-state index in [4.69, 9.17) is 5.73 Å². The third-order valence-electron chi connectivity index (χ3n) is 4.28. The Balaban J connectivity index is 1.64. The summed E-state index contributed by atoms with van der Waals surface area (Å²) in [6.07, 6.45) is 3.63.